The van der Waals surface area contributed by atoms with Crippen molar-refractivity contribution in [2.75, 3.05) is 0 Å². The molecule has 0 aromatic carbocycles. The molecule has 0 saturated heterocycles. The zero-order valence-electron chi connectivity index (χ0n) is 17.9. The Morgan fingerprint density at radius 2 is 1.79 bits per heavy atom. The normalized spacial score (nSPS) is 35.2. The summed E-state index contributed by atoms with van der Waals surface area (Å²) in [7, 11) is 0. The fourth-order valence-corrected chi connectivity index (χ4v) is 5.34. The van der Waals surface area contributed by atoms with E-state index in [4.69, 9.17) is 0 Å². The number of hydrogen-bond donors (Lipinski definition) is 0. The highest BCUT2D eigenvalue weighted by Crippen LogP contribution is 2.59. The van der Waals surface area contributed by atoms with Gasteiger partial charge in [0.25, 0.3) is 0 Å². The van der Waals surface area contributed by atoms with Gasteiger partial charge in [-0.2, -0.15) is 0 Å². The minimum absolute atomic E-state index is 0.559. The summed E-state index contributed by atoms with van der Waals surface area (Å²) in [5, 5.41) is 0. The molecular weight excluding hydrogens is 288 g/mol. The van der Waals surface area contributed by atoms with E-state index in [-0.39, 0.29) is 0 Å². The number of allylic oxidation sites excluding steroid dienone is 4. The van der Waals surface area contributed by atoms with Crippen molar-refractivity contribution in [1.29, 1.82) is 0 Å². The quantitative estimate of drug-likeness (QED) is 0.447. The van der Waals surface area contributed by atoms with Crippen LogP contribution in [0.15, 0.2) is 23.8 Å². The first kappa shape index (κ1) is 21.5. The van der Waals surface area contributed by atoms with Gasteiger partial charge >= 0.3 is 0 Å². The van der Waals surface area contributed by atoms with Crippen LogP contribution in [-0.4, -0.2) is 0 Å². The van der Waals surface area contributed by atoms with Crippen LogP contribution in [0.1, 0.15) is 93.9 Å². The van der Waals surface area contributed by atoms with Gasteiger partial charge in [-0.1, -0.05) is 78.7 Å². The lowest BCUT2D eigenvalue weighted by molar-refractivity contribution is 0.112. The summed E-state index contributed by atoms with van der Waals surface area (Å²) in [4.78, 5) is 0. The van der Waals surface area contributed by atoms with Crippen LogP contribution in [0, 0.1) is 35.0 Å². The van der Waals surface area contributed by atoms with Crippen molar-refractivity contribution >= 4 is 0 Å². The van der Waals surface area contributed by atoms with Gasteiger partial charge in [-0.05, 0) is 74.0 Å². The molecule has 0 N–H and O–H groups in total. The van der Waals surface area contributed by atoms with Crippen molar-refractivity contribution < 1.29 is 0 Å². The first-order valence-corrected chi connectivity index (χ1v) is 10.8. The Balaban J connectivity index is 0.00000139. The Morgan fingerprint density at radius 1 is 1.12 bits per heavy atom. The second-order valence-corrected chi connectivity index (χ2v) is 8.45. The van der Waals surface area contributed by atoms with E-state index in [9.17, 15) is 0 Å². The van der Waals surface area contributed by atoms with Crippen molar-refractivity contribution in [3.63, 3.8) is 0 Å². The Hall–Kier alpha value is -0.520. The predicted octanol–water partition coefficient (Wildman–Crippen LogP) is 8.05. The molecule has 24 heavy (non-hydrogen) atoms. The lowest BCUT2D eigenvalue weighted by Crippen LogP contribution is -2.35. The van der Waals surface area contributed by atoms with Crippen molar-refractivity contribution in [1.82, 2.24) is 0 Å². The molecule has 2 fully saturated rings. The molecule has 6 atom stereocenters. The molecule has 0 amide bonds. The van der Waals surface area contributed by atoms with E-state index in [1.165, 1.54) is 38.5 Å². The molecule has 2 aliphatic carbocycles. The summed E-state index contributed by atoms with van der Waals surface area (Å²) in [6.07, 6.45) is 15.8. The zero-order valence-corrected chi connectivity index (χ0v) is 17.9. The van der Waals surface area contributed by atoms with Gasteiger partial charge in [-0.25, -0.2) is 0 Å². The monoisotopic (exact) mass is 332 g/mol. The summed E-state index contributed by atoms with van der Waals surface area (Å²) in [5.74, 6) is 4.01. The molecule has 140 valence electrons. The van der Waals surface area contributed by atoms with Crippen LogP contribution in [0.3, 0.4) is 0 Å². The van der Waals surface area contributed by atoms with Crippen molar-refractivity contribution in [3.8, 4) is 0 Å². The van der Waals surface area contributed by atoms with Gasteiger partial charge < -0.3 is 0 Å². The van der Waals surface area contributed by atoms with E-state index in [1.54, 1.807) is 5.57 Å². The molecule has 0 aliphatic heterocycles. The van der Waals surface area contributed by atoms with Gasteiger partial charge in [0.2, 0.25) is 0 Å². The van der Waals surface area contributed by atoms with Gasteiger partial charge in [-0.15, -0.1) is 0 Å². The zero-order chi connectivity index (χ0) is 18.3. The highest BCUT2D eigenvalue weighted by molar-refractivity contribution is 5.18. The Morgan fingerprint density at radius 3 is 2.38 bits per heavy atom. The Bertz CT molecular complexity index is 416. The standard InChI is InChI=1S/C22H38.C2H6/c1-7-16(3)17(4)11-12-18(5)20-13-14-21-19(8-2)10-9-15-22(20,21)6;1-2/h8,11-12,16-18,20-21H,7,9-10,13-15H2,1-6H3;1-2H3/b12-11+,19-8+;/t16?,17-,18+,20?,21?,22?;/m0./s1. The molecule has 2 aliphatic rings. The van der Waals surface area contributed by atoms with Crippen LogP contribution in [0.2, 0.25) is 0 Å². The Kier molecular flexibility index (Phi) is 8.82. The van der Waals surface area contributed by atoms with E-state index in [2.05, 4.69) is 59.8 Å². The maximum atomic E-state index is 2.60. The first-order valence-electron chi connectivity index (χ1n) is 10.8. The average molecular weight is 333 g/mol. The molecule has 0 bridgehead atoms. The third kappa shape index (κ3) is 4.55. The molecule has 0 spiro atoms. The first-order chi connectivity index (χ1) is 11.4. The average Bonchev–Trinajstić information content (AvgIpc) is 2.97. The fraction of sp³-hybridized carbons (Fsp3) is 0.833. The highest BCUT2D eigenvalue weighted by atomic mass is 14.5. The molecule has 0 aromatic heterocycles. The van der Waals surface area contributed by atoms with Crippen LogP contribution in [0.25, 0.3) is 0 Å². The van der Waals surface area contributed by atoms with Gasteiger partial charge in [-0.3, -0.25) is 0 Å². The number of rotatable bonds is 5. The van der Waals surface area contributed by atoms with Gasteiger partial charge in [0, 0.05) is 0 Å². The third-order valence-electron chi connectivity index (χ3n) is 7.30. The minimum atomic E-state index is 0.559. The van der Waals surface area contributed by atoms with Crippen LogP contribution < -0.4 is 0 Å². The van der Waals surface area contributed by atoms with Gasteiger partial charge in [0.1, 0.15) is 0 Å². The summed E-state index contributed by atoms with van der Waals surface area (Å²) in [5.41, 5.74) is 2.32. The van der Waals surface area contributed by atoms with Crippen molar-refractivity contribution in [3.05, 3.63) is 23.8 Å². The second-order valence-electron chi connectivity index (χ2n) is 8.45. The molecule has 2 saturated carbocycles. The summed E-state index contributed by atoms with van der Waals surface area (Å²) >= 11 is 0. The lowest BCUT2D eigenvalue weighted by Gasteiger charge is -2.44. The molecule has 0 heteroatoms. The predicted molar refractivity (Wildman–Crippen MR) is 110 cm³/mol. The number of fused-ring (bicyclic) bond motifs is 1. The Labute approximate surface area is 153 Å². The topological polar surface area (TPSA) is 0 Å². The maximum Gasteiger partial charge on any atom is -0.0146 e. The van der Waals surface area contributed by atoms with E-state index in [0.717, 1.165) is 29.6 Å². The highest BCUT2D eigenvalue weighted by Gasteiger charge is 2.50. The van der Waals surface area contributed by atoms with Crippen LogP contribution >= 0.6 is 0 Å². The molecule has 2 rings (SSSR count). The number of hydrogen-bond acceptors (Lipinski definition) is 0. The molecular formula is C24H44. The van der Waals surface area contributed by atoms with Gasteiger partial charge in [0.05, 0.1) is 0 Å². The molecule has 0 nitrogen and oxygen atoms in total. The summed E-state index contributed by atoms with van der Waals surface area (Å²) < 4.78 is 0. The smallest absolute Gasteiger partial charge is 0.0146 e. The molecule has 0 radical (unpaired) electrons. The summed E-state index contributed by atoms with van der Waals surface area (Å²) in [6, 6.07) is 0. The second kappa shape index (κ2) is 9.83. The third-order valence-corrected chi connectivity index (χ3v) is 7.30. The van der Waals surface area contributed by atoms with Gasteiger partial charge in [0.15, 0.2) is 0 Å². The lowest BCUT2D eigenvalue weighted by atomic mass is 9.61. The van der Waals surface area contributed by atoms with Crippen LogP contribution in [0.4, 0.5) is 0 Å². The van der Waals surface area contributed by atoms with Crippen LogP contribution in [-0.2, 0) is 0 Å². The SMILES string of the molecule is C/C=C1\CCCC2(C)C1CCC2[C@H](C)/C=C/[C@H](C)C(C)CC.CC. The van der Waals surface area contributed by atoms with E-state index < -0.39 is 0 Å². The maximum absolute atomic E-state index is 2.60. The van der Waals surface area contributed by atoms with Crippen LogP contribution in [0.5, 0.6) is 0 Å². The molecule has 0 aromatic rings. The van der Waals surface area contributed by atoms with E-state index in [0.29, 0.717) is 5.41 Å². The van der Waals surface area contributed by atoms with Crippen molar-refractivity contribution in [2.45, 2.75) is 93.9 Å². The molecule has 0 heterocycles. The van der Waals surface area contributed by atoms with E-state index >= 15 is 0 Å². The molecule has 4 unspecified atom stereocenters. The van der Waals surface area contributed by atoms with E-state index in [1.807, 2.05) is 13.8 Å². The largest absolute Gasteiger partial charge is 0.0882 e. The fourth-order valence-electron chi connectivity index (χ4n) is 5.34. The van der Waals surface area contributed by atoms with Crippen molar-refractivity contribution in [2.24, 2.45) is 35.0 Å². The minimum Gasteiger partial charge on any atom is -0.0882 e. The summed E-state index contributed by atoms with van der Waals surface area (Å²) in [6.45, 7) is 18.4.